The van der Waals surface area contributed by atoms with Gasteiger partial charge in [0.25, 0.3) is 0 Å². The molecule has 2 rings (SSSR count). The number of rotatable bonds is 5. The molecule has 0 aromatic heterocycles. The van der Waals surface area contributed by atoms with Crippen LogP contribution in [0.15, 0.2) is 24.3 Å². The number of hydrogen-bond donors (Lipinski definition) is 0. The zero-order valence-electron chi connectivity index (χ0n) is 15.9. The number of halogens is 3. The minimum absolute atomic E-state index is 0.359. The van der Waals surface area contributed by atoms with Crippen molar-refractivity contribution < 1.29 is 0 Å². The monoisotopic (exact) mass is 395 g/mol. The Labute approximate surface area is 167 Å². The first kappa shape index (κ1) is 20.6. The molecule has 0 amide bonds. The first-order valence-corrected chi connectivity index (χ1v) is 9.85. The number of hydrogen-bond acceptors (Lipinski definition) is 0. The summed E-state index contributed by atoms with van der Waals surface area (Å²) in [5.74, 6) is 0.475. The van der Waals surface area contributed by atoms with Gasteiger partial charge >= 0.3 is 0 Å². The van der Waals surface area contributed by atoms with Crippen molar-refractivity contribution in [3.8, 4) is 0 Å². The lowest BCUT2D eigenvalue weighted by Gasteiger charge is -2.40. The lowest BCUT2D eigenvalue weighted by atomic mass is 9.67. The molecule has 0 aliphatic rings. The predicted octanol–water partition coefficient (Wildman–Crippen LogP) is 7.42. The van der Waals surface area contributed by atoms with E-state index in [9.17, 15) is 0 Å². The molecule has 0 heterocycles. The van der Waals surface area contributed by atoms with Crippen LogP contribution in [0.2, 0.25) is 0 Å². The normalized spacial score (nSPS) is 12.1. The van der Waals surface area contributed by atoms with E-state index in [-0.39, 0.29) is 0 Å². The molecule has 0 spiro atoms. The maximum Gasteiger partial charge on any atom is 0.165 e. The van der Waals surface area contributed by atoms with Gasteiger partial charge in [0.2, 0.25) is 0 Å². The standard InChI is InChI=1S/C22H26Cl3/c1-13-9-15(3)19(16(4)10-13)22(7-8-23,21(24)25)20-17(5)11-14(2)12-18(20)6/h9-12H,7-8H2,1-6H3. The summed E-state index contributed by atoms with van der Waals surface area (Å²) >= 11 is 19.5. The Morgan fingerprint density at radius 1 is 0.720 bits per heavy atom. The number of alkyl halides is 1. The van der Waals surface area contributed by atoms with Gasteiger partial charge in [-0.3, -0.25) is 0 Å². The van der Waals surface area contributed by atoms with Gasteiger partial charge in [-0.15, -0.1) is 11.6 Å². The van der Waals surface area contributed by atoms with Gasteiger partial charge in [0, 0.05) is 5.88 Å². The Kier molecular flexibility index (Phi) is 6.52. The Bertz CT molecular complexity index is 671. The van der Waals surface area contributed by atoms with E-state index in [1.54, 1.807) is 0 Å². The van der Waals surface area contributed by atoms with Crippen molar-refractivity contribution in [1.29, 1.82) is 0 Å². The second-order valence-corrected chi connectivity index (χ2v) is 8.48. The summed E-state index contributed by atoms with van der Waals surface area (Å²) in [7, 11) is 0. The summed E-state index contributed by atoms with van der Waals surface area (Å²) in [5.41, 5.74) is 9.00. The average molecular weight is 397 g/mol. The quantitative estimate of drug-likeness (QED) is 0.461. The van der Waals surface area contributed by atoms with Crippen LogP contribution in [-0.2, 0) is 5.41 Å². The molecule has 0 fully saturated rings. The van der Waals surface area contributed by atoms with Crippen LogP contribution in [0, 0.1) is 46.4 Å². The van der Waals surface area contributed by atoms with Crippen molar-refractivity contribution >= 4 is 34.8 Å². The van der Waals surface area contributed by atoms with Crippen molar-refractivity contribution in [3.05, 3.63) is 73.6 Å². The highest BCUT2D eigenvalue weighted by Gasteiger charge is 2.44. The highest BCUT2D eigenvalue weighted by Crippen LogP contribution is 2.52. The fraction of sp³-hybridized carbons (Fsp3) is 0.409. The second kappa shape index (κ2) is 7.91. The zero-order valence-corrected chi connectivity index (χ0v) is 18.1. The topological polar surface area (TPSA) is 0 Å². The molecule has 2 aromatic carbocycles. The summed E-state index contributed by atoms with van der Waals surface area (Å²) in [6.45, 7) is 12.8. The van der Waals surface area contributed by atoms with E-state index < -0.39 is 5.41 Å². The first-order chi connectivity index (χ1) is 11.6. The smallest absolute Gasteiger partial charge is 0.127 e. The van der Waals surface area contributed by atoms with Crippen LogP contribution in [0.1, 0.15) is 50.9 Å². The molecule has 0 atom stereocenters. The van der Waals surface area contributed by atoms with E-state index in [0.717, 1.165) is 0 Å². The molecule has 0 aliphatic carbocycles. The summed E-state index contributed by atoms with van der Waals surface area (Å²) in [5, 5.41) is 0. The second-order valence-electron chi connectivity index (χ2n) is 7.15. The van der Waals surface area contributed by atoms with Gasteiger partial charge in [-0.2, -0.15) is 0 Å². The van der Waals surface area contributed by atoms with Gasteiger partial charge in [0.05, 0.1) is 5.41 Å². The summed E-state index contributed by atoms with van der Waals surface area (Å²) in [4.78, 5) is 0.359. The third-order valence-corrected chi connectivity index (χ3v) is 5.83. The Balaban J connectivity index is 2.96. The fourth-order valence-corrected chi connectivity index (χ4v) is 5.36. The van der Waals surface area contributed by atoms with Crippen molar-refractivity contribution in [3.63, 3.8) is 0 Å². The molecule has 2 aromatic rings. The van der Waals surface area contributed by atoms with Gasteiger partial charge in [0.15, 0.2) is 4.84 Å². The summed E-state index contributed by atoms with van der Waals surface area (Å²) < 4.78 is 0. The van der Waals surface area contributed by atoms with Gasteiger partial charge in [-0.25, -0.2) is 0 Å². The van der Waals surface area contributed by atoms with Crippen molar-refractivity contribution in [2.24, 2.45) is 0 Å². The maximum atomic E-state index is 6.64. The van der Waals surface area contributed by atoms with E-state index in [4.69, 9.17) is 34.8 Å². The molecule has 0 nitrogen and oxygen atoms in total. The molecular formula is C22H26Cl3. The Morgan fingerprint density at radius 3 is 1.28 bits per heavy atom. The molecule has 25 heavy (non-hydrogen) atoms. The summed E-state index contributed by atoms with van der Waals surface area (Å²) in [6, 6.07) is 8.78. The van der Waals surface area contributed by atoms with Crippen LogP contribution in [0.3, 0.4) is 0 Å². The van der Waals surface area contributed by atoms with Crippen LogP contribution >= 0.6 is 34.8 Å². The van der Waals surface area contributed by atoms with E-state index >= 15 is 0 Å². The molecular weight excluding hydrogens is 371 g/mol. The van der Waals surface area contributed by atoms with E-state index in [0.29, 0.717) is 17.1 Å². The molecule has 0 saturated heterocycles. The van der Waals surface area contributed by atoms with Crippen molar-refractivity contribution in [2.45, 2.75) is 53.4 Å². The third kappa shape index (κ3) is 3.72. The van der Waals surface area contributed by atoms with E-state index in [1.165, 1.54) is 44.5 Å². The Morgan fingerprint density at radius 2 is 1.04 bits per heavy atom. The fourth-order valence-electron chi connectivity index (χ4n) is 4.51. The number of benzene rings is 2. The van der Waals surface area contributed by atoms with Crippen LogP contribution in [-0.4, -0.2) is 5.88 Å². The molecule has 1 radical (unpaired) electrons. The van der Waals surface area contributed by atoms with Gasteiger partial charge in [-0.1, -0.05) is 58.6 Å². The van der Waals surface area contributed by atoms with E-state index in [2.05, 4.69) is 65.8 Å². The molecule has 0 N–H and O–H groups in total. The lowest BCUT2D eigenvalue weighted by molar-refractivity contribution is 0.573. The minimum Gasteiger partial charge on any atom is -0.127 e. The van der Waals surface area contributed by atoms with Gasteiger partial charge < -0.3 is 0 Å². The van der Waals surface area contributed by atoms with Gasteiger partial charge in [0.1, 0.15) is 0 Å². The molecule has 0 aliphatic heterocycles. The van der Waals surface area contributed by atoms with Crippen molar-refractivity contribution in [2.75, 3.05) is 5.88 Å². The highest BCUT2D eigenvalue weighted by molar-refractivity contribution is 6.54. The van der Waals surface area contributed by atoms with Crippen LogP contribution < -0.4 is 0 Å². The molecule has 0 saturated carbocycles. The predicted molar refractivity (Wildman–Crippen MR) is 112 cm³/mol. The van der Waals surface area contributed by atoms with Gasteiger partial charge in [-0.05, 0) is 81.3 Å². The van der Waals surface area contributed by atoms with E-state index in [1.807, 2.05) is 0 Å². The first-order valence-electron chi connectivity index (χ1n) is 8.56. The SMILES string of the molecule is Cc1cc(C)c(C(CCCl)([C](Cl)Cl)c2c(C)cc(C)cc2C)c(C)c1. The molecule has 0 unspecified atom stereocenters. The van der Waals surface area contributed by atoms with Crippen LogP contribution in [0.4, 0.5) is 0 Å². The zero-order chi connectivity index (χ0) is 18.9. The third-order valence-electron chi connectivity index (χ3n) is 5.00. The minimum atomic E-state index is -0.603. The number of aryl methyl sites for hydroxylation is 6. The largest absolute Gasteiger partial charge is 0.165 e. The van der Waals surface area contributed by atoms with Crippen LogP contribution in [0.25, 0.3) is 0 Å². The average Bonchev–Trinajstić information content (AvgIpc) is 2.44. The Hall–Kier alpha value is -0.690. The highest BCUT2D eigenvalue weighted by atomic mass is 35.5. The van der Waals surface area contributed by atoms with Crippen molar-refractivity contribution in [1.82, 2.24) is 0 Å². The molecule has 135 valence electrons. The van der Waals surface area contributed by atoms with Crippen LogP contribution in [0.5, 0.6) is 0 Å². The lowest BCUT2D eigenvalue weighted by Crippen LogP contribution is -2.35. The summed E-state index contributed by atoms with van der Waals surface area (Å²) in [6.07, 6.45) is 0.659. The molecule has 0 bridgehead atoms. The maximum absolute atomic E-state index is 6.64. The molecule has 3 heteroatoms.